The molecular formula is C17H19N3O3. The molecule has 0 aliphatic heterocycles. The van der Waals surface area contributed by atoms with E-state index in [2.05, 4.69) is 17.2 Å². The van der Waals surface area contributed by atoms with Gasteiger partial charge in [0.15, 0.2) is 0 Å². The molecule has 0 spiro atoms. The molecule has 6 heteroatoms. The third-order valence-corrected chi connectivity index (χ3v) is 3.26. The first kappa shape index (κ1) is 16.6. The summed E-state index contributed by atoms with van der Waals surface area (Å²) in [4.78, 5) is 10.2. The van der Waals surface area contributed by atoms with E-state index < -0.39 is 4.92 Å². The zero-order chi connectivity index (χ0) is 16.7. The maximum absolute atomic E-state index is 10.6. The zero-order valence-corrected chi connectivity index (χ0v) is 13.2. The molecule has 0 radical (unpaired) electrons. The molecular weight excluding hydrogens is 294 g/mol. The Morgan fingerprint density at radius 1 is 1.09 bits per heavy atom. The normalized spacial score (nSPS) is 10.9. The molecule has 6 nitrogen and oxygen atoms in total. The van der Waals surface area contributed by atoms with Crippen molar-refractivity contribution in [3.8, 4) is 5.75 Å². The van der Waals surface area contributed by atoms with Crippen molar-refractivity contribution in [2.75, 3.05) is 6.61 Å². The monoisotopic (exact) mass is 313 g/mol. The number of rotatable bonds is 7. The van der Waals surface area contributed by atoms with Gasteiger partial charge in [0.05, 0.1) is 22.9 Å². The number of hydrogen-bond donors (Lipinski definition) is 0. The van der Waals surface area contributed by atoms with Crippen LogP contribution in [0.4, 0.5) is 17.1 Å². The van der Waals surface area contributed by atoms with E-state index in [1.165, 1.54) is 12.1 Å². The fourth-order valence-corrected chi connectivity index (χ4v) is 1.94. The highest BCUT2D eigenvalue weighted by Gasteiger charge is 2.04. The average molecular weight is 313 g/mol. The van der Waals surface area contributed by atoms with Gasteiger partial charge in [0, 0.05) is 12.1 Å². The highest BCUT2D eigenvalue weighted by Crippen LogP contribution is 2.26. The lowest BCUT2D eigenvalue weighted by Gasteiger charge is -2.08. The van der Waals surface area contributed by atoms with Gasteiger partial charge in [-0.1, -0.05) is 13.3 Å². The second-order valence-electron chi connectivity index (χ2n) is 5.13. The fourth-order valence-electron chi connectivity index (χ4n) is 1.94. The van der Waals surface area contributed by atoms with Crippen molar-refractivity contribution in [2.24, 2.45) is 10.2 Å². The molecule has 0 fully saturated rings. The van der Waals surface area contributed by atoms with Crippen LogP contribution in [0.2, 0.25) is 0 Å². The van der Waals surface area contributed by atoms with E-state index in [0.29, 0.717) is 18.0 Å². The summed E-state index contributed by atoms with van der Waals surface area (Å²) in [6.07, 6.45) is 2.13. The summed E-state index contributed by atoms with van der Waals surface area (Å²) >= 11 is 0. The molecule has 120 valence electrons. The summed E-state index contributed by atoms with van der Waals surface area (Å²) < 4.78 is 5.69. The standard InChI is InChI=1S/C17H19N3O3/c1-3-4-11-23-17-10-7-15(12-13(17)2)19-18-14-5-8-16(9-6-14)20(21)22/h5-10,12H,3-4,11H2,1-2H3. The van der Waals surface area contributed by atoms with Crippen molar-refractivity contribution in [3.05, 3.63) is 58.1 Å². The van der Waals surface area contributed by atoms with Gasteiger partial charge in [0.1, 0.15) is 5.75 Å². The predicted octanol–water partition coefficient (Wildman–Crippen LogP) is 5.50. The van der Waals surface area contributed by atoms with E-state index in [9.17, 15) is 10.1 Å². The van der Waals surface area contributed by atoms with Crippen LogP contribution in [0.25, 0.3) is 0 Å². The van der Waals surface area contributed by atoms with Crippen LogP contribution in [-0.2, 0) is 0 Å². The number of ether oxygens (including phenoxy) is 1. The molecule has 0 aliphatic carbocycles. The number of unbranched alkanes of at least 4 members (excludes halogenated alkanes) is 1. The van der Waals surface area contributed by atoms with E-state index in [0.717, 1.165) is 24.2 Å². The molecule has 0 aliphatic rings. The molecule has 0 bridgehead atoms. The lowest BCUT2D eigenvalue weighted by molar-refractivity contribution is -0.384. The van der Waals surface area contributed by atoms with Crippen molar-refractivity contribution in [3.63, 3.8) is 0 Å². The number of azo groups is 1. The number of hydrogen-bond acceptors (Lipinski definition) is 5. The smallest absolute Gasteiger partial charge is 0.269 e. The summed E-state index contributed by atoms with van der Waals surface area (Å²) in [5.41, 5.74) is 2.31. The maximum atomic E-state index is 10.6. The average Bonchev–Trinajstić information content (AvgIpc) is 2.55. The van der Waals surface area contributed by atoms with Crippen LogP contribution in [0.15, 0.2) is 52.7 Å². The molecule has 0 N–H and O–H groups in total. The summed E-state index contributed by atoms with van der Waals surface area (Å²) in [5.74, 6) is 0.854. The first-order chi connectivity index (χ1) is 11.1. The van der Waals surface area contributed by atoms with Gasteiger partial charge in [-0.3, -0.25) is 10.1 Å². The Hall–Kier alpha value is -2.76. The third-order valence-electron chi connectivity index (χ3n) is 3.26. The van der Waals surface area contributed by atoms with Crippen LogP contribution in [0.5, 0.6) is 5.75 Å². The second kappa shape index (κ2) is 8.03. The lowest BCUT2D eigenvalue weighted by Crippen LogP contribution is -1.97. The first-order valence-electron chi connectivity index (χ1n) is 7.50. The number of non-ortho nitro benzene ring substituents is 1. The van der Waals surface area contributed by atoms with Crippen molar-refractivity contribution < 1.29 is 9.66 Å². The number of aryl methyl sites for hydroxylation is 1. The minimum atomic E-state index is -0.443. The zero-order valence-electron chi connectivity index (χ0n) is 13.2. The topological polar surface area (TPSA) is 77.1 Å². The van der Waals surface area contributed by atoms with Crippen molar-refractivity contribution in [1.29, 1.82) is 0 Å². The number of benzene rings is 2. The molecule has 2 aromatic carbocycles. The molecule has 0 aromatic heterocycles. The van der Waals surface area contributed by atoms with Crippen LogP contribution in [0.3, 0.4) is 0 Å². The van der Waals surface area contributed by atoms with Crippen molar-refractivity contribution >= 4 is 17.1 Å². The molecule has 23 heavy (non-hydrogen) atoms. The minimum Gasteiger partial charge on any atom is -0.493 e. The minimum absolute atomic E-state index is 0.0355. The molecule has 0 heterocycles. The molecule has 0 atom stereocenters. The van der Waals surface area contributed by atoms with Crippen LogP contribution < -0.4 is 4.74 Å². The van der Waals surface area contributed by atoms with Gasteiger partial charge in [0.25, 0.3) is 5.69 Å². The third kappa shape index (κ3) is 4.88. The van der Waals surface area contributed by atoms with E-state index in [1.54, 1.807) is 12.1 Å². The summed E-state index contributed by atoms with van der Waals surface area (Å²) in [6.45, 7) is 4.80. The number of nitro groups is 1. The van der Waals surface area contributed by atoms with E-state index in [1.807, 2.05) is 25.1 Å². The first-order valence-corrected chi connectivity index (χ1v) is 7.50. The largest absolute Gasteiger partial charge is 0.493 e. The van der Waals surface area contributed by atoms with Gasteiger partial charge in [0.2, 0.25) is 0 Å². The summed E-state index contributed by atoms with van der Waals surface area (Å²) in [7, 11) is 0. The summed E-state index contributed by atoms with van der Waals surface area (Å²) in [6, 6.07) is 11.6. The van der Waals surface area contributed by atoms with E-state index in [4.69, 9.17) is 4.74 Å². The van der Waals surface area contributed by atoms with Gasteiger partial charge in [-0.05, 0) is 49.2 Å². The predicted molar refractivity (Wildman–Crippen MR) is 88.9 cm³/mol. The molecule has 2 aromatic rings. The van der Waals surface area contributed by atoms with Crippen LogP contribution in [0.1, 0.15) is 25.3 Å². The van der Waals surface area contributed by atoms with Crippen LogP contribution in [-0.4, -0.2) is 11.5 Å². The molecule has 0 saturated carbocycles. The van der Waals surface area contributed by atoms with E-state index >= 15 is 0 Å². The Morgan fingerprint density at radius 3 is 2.35 bits per heavy atom. The van der Waals surface area contributed by atoms with Crippen LogP contribution in [0, 0.1) is 17.0 Å². The Morgan fingerprint density at radius 2 is 1.74 bits per heavy atom. The molecule has 0 amide bonds. The van der Waals surface area contributed by atoms with Crippen molar-refractivity contribution in [1.82, 2.24) is 0 Å². The Labute approximate surface area is 135 Å². The van der Waals surface area contributed by atoms with Gasteiger partial charge < -0.3 is 4.74 Å². The van der Waals surface area contributed by atoms with Crippen LogP contribution >= 0.6 is 0 Å². The molecule has 0 unspecified atom stereocenters. The van der Waals surface area contributed by atoms with Gasteiger partial charge >= 0.3 is 0 Å². The molecule has 2 rings (SSSR count). The van der Waals surface area contributed by atoms with E-state index in [-0.39, 0.29) is 5.69 Å². The quantitative estimate of drug-likeness (QED) is 0.293. The Balaban J connectivity index is 2.04. The van der Waals surface area contributed by atoms with Gasteiger partial charge in [-0.2, -0.15) is 10.2 Å². The SMILES string of the molecule is CCCCOc1ccc(N=Nc2ccc([N+](=O)[O-])cc2)cc1C. The van der Waals surface area contributed by atoms with Gasteiger partial charge in [-0.15, -0.1) is 0 Å². The summed E-state index contributed by atoms with van der Waals surface area (Å²) in [5, 5.41) is 18.8. The number of nitrogens with zero attached hydrogens (tertiary/aromatic N) is 3. The molecule has 0 saturated heterocycles. The highest BCUT2D eigenvalue weighted by molar-refractivity contribution is 5.48. The maximum Gasteiger partial charge on any atom is 0.269 e. The Kier molecular flexibility index (Phi) is 5.80. The number of nitro benzene ring substituents is 1. The lowest BCUT2D eigenvalue weighted by atomic mass is 10.2. The highest BCUT2D eigenvalue weighted by atomic mass is 16.6. The fraction of sp³-hybridized carbons (Fsp3) is 0.294. The second-order valence-corrected chi connectivity index (χ2v) is 5.13. The van der Waals surface area contributed by atoms with Crippen molar-refractivity contribution in [2.45, 2.75) is 26.7 Å². The van der Waals surface area contributed by atoms with Gasteiger partial charge in [-0.25, -0.2) is 0 Å². The Bertz CT molecular complexity index is 697.